The number of nitrogens with two attached hydrogens (primary N) is 1. The zero-order valence-corrected chi connectivity index (χ0v) is 18.8. The van der Waals surface area contributed by atoms with Crippen molar-refractivity contribution in [3.8, 4) is 0 Å². The van der Waals surface area contributed by atoms with Gasteiger partial charge in [-0.15, -0.1) is 0 Å². The maximum Gasteiger partial charge on any atom is 0.416 e. The molecule has 180 valence electrons. The molecule has 0 bridgehead atoms. The molecule has 1 fully saturated rings. The summed E-state index contributed by atoms with van der Waals surface area (Å²) in [6.45, 7) is 2.57. The standard InChI is InChI=1S/C21H25ClF3N5O3/c1-2-8-29-18(26)17(28-9-4-3-5-10-28)19(32)30(20(29)33)12-16(31)27-15-11-13(21(23,24)25)6-7-14(15)22/h6-7,11H,2-5,8-10,12,26H2,1H3,(H,27,31). The number of nitrogens with one attached hydrogen (secondary N) is 1. The van der Waals surface area contributed by atoms with E-state index in [0.29, 0.717) is 25.6 Å². The molecule has 1 saturated heterocycles. The number of hydrogen-bond acceptors (Lipinski definition) is 5. The summed E-state index contributed by atoms with van der Waals surface area (Å²) in [4.78, 5) is 40.6. The molecule has 0 radical (unpaired) electrons. The summed E-state index contributed by atoms with van der Waals surface area (Å²) in [5, 5.41) is 2.15. The van der Waals surface area contributed by atoms with Gasteiger partial charge in [-0.25, -0.2) is 9.36 Å². The molecule has 0 saturated carbocycles. The Kier molecular flexibility index (Phi) is 7.41. The van der Waals surface area contributed by atoms with E-state index in [1.54, 1.807) is 0 Å². The van der Waals surface area contributed by atoms with Gasteiger partial charge in [0.15, 0.2) is 0 Å². The molecule has 2 heterocycles. The summed E-state index contributed by atoms with van der Waals surface area (Å²) in [5.74, 6) is -0.820. The van der Waals surface area contributed by atoms with Crippen LogP contribution >= 0.6 is 11.6 Å². The SMILES string of the molecule is CCCn1c(N)c(N2CCCCC2)c(=O)n(CC(=O)Nc2cc(C(F)(F)F)ccc2Cl)c1=O. The van der Waals surface area contributed by atoms with Crippen LogP contribution in [0.1, 0.15) is 38.2 Å². The summed E-state index contributed by atoms with van der Waals surface area (Å²) < 4.78 is 41.0. The zero-order valence-electron chi connectivity index (χ0n) is 18.0. The number of nitrogens with zero attached hydrogens (tertiary/aromatic N) is 3. The van der Waals surface area contributed by atoms with Crippen LogP contribution in [0.2, 0.25) is 5.02 Å². The van der Waals surface area contributed by atoms with Crippen molar-refractivity contribution in [2.24, 2.45) is 0 Å². The fourth-order valence-electron chi connectivity index (χ4n) is 3.83. The highest BCUT2D eigenvalue weighted by molar-refractivity contribution is 6.33. The molecule has 1 amide bonds. The van der Waals surface area contributed by atoms with Gasteiger partial charge in [0.25, 0.3) is 5.56 Å². The van der Waals surface area contributed by atoms with Crippen molar-refractivity contribution in [1.82, 2.24) is 9.13 Å². The largest absolute Gasteiger partial charge is 0.416 e. The van der Waals surface area contributed by atoms with Gasteiger partial charge in [0, 0.05) is 19.6 Å². The molecular formula is C21H25ClF3N5O3. The quantitative estimate of drug-likeness (QED) is 0.651. The first-order valence-electron chi connectivity index (χ1n) is 10.6. The molecule has 3 N–H and O–H groups in total. The third-order valence-corrected chi connectivity index (χ3v) is 5.76. The second kappa shape index (κ2) is 9.90. The van der Waals surface area contributed by atoms with E-state index in [9.17, 15) is 27.6 Å². The first kappa shape index (κ1) is 24.7. The second-order valence-electron chi connectivity index (χ2n) is 7.85. The summed E-state index contributed by atoms with van der Waals surface area (Å²) in [5.41, 5.74) is 3.61. The highest BCUT2D eigenvalue weighted by atomic mass is 35.5. The number of rotatable bonds is 6. The van der Waals surface area contributed by atoms with Crippen LogP contribution in [-0.2, 0) is 24.1 Å². The number of piperidine rings is 1. The Morgan fingerprint density at radius 2 is 1.82 bits per heavy atom. The predicted molar refractivity (Wildman–Crippen MR) is 121 cm³/mol. The van der Waals surface area contributed by atoms with Crippen molar-refractivity contribution in [2.45, 2.75) is 51.9 Å². The number of benzene rings is 1. The van der Waals surface area contributed by atoms with Crippen molar-refractivity contribution >= 4 is 34.7 Å². The number of carbonyl (C=O) groups is 1. The van der Waals surface area contributed by atoms with Gasteiger partial charge in [0.1, 0.15) is 18.1 Å². The van der Waals surface area contributed by atoms with Crippen molar-refractivity contribution in [2.75, 3.05) is 29.0 Å². The first-order valence-corrected chi connectivity index (χ1v) is 11.0. The number of aromatic nitrogens is 2. The molecule has 0 spiro atoms. The number of anilines is 3. The third-order valence-electron chi connectivity index (χ3n) is 5.43. The summed E-state index contributed by atoms with van der Waals surface area (Å²) in [7, 11) is 0. The molecule has 0 aliphatic carbocycles. The molecule has 33 heavy (non-hydrogen) atoms. The van der Waals surface area contributed by atoms with Gasteiger partial charge in [-0.3, -0.25) is 14.2 Å². The number of alkyl halides is 3. The predicted octanol–water partition coefficient (Wildman–Crippen LogP) is 3.30. The van der Waals surface area contributed by atoms with Crippen LogP contribution in [0.5, 0.6) is 0 Å². The highest BCUT2D eigenvalue weighted by Gasteiger charge is 2.31. The van der Waals surface area contributed by atoms with Crippen molar-refractivity contribution < 1.29 is 18.0 Å². The summed E-state index contributed by atoms with van der Waals surface area (Å²) >= 11 is 5.93. The molecule has 12 heteroatoms. The minimum atomic E-state index is -4.63. The topological polar surface area (TPSA) is 102 Å². The van der Waals surface area contributed by atoms with Crippen molar-refractivity contribution in [3.05, 3.63) is 49.6 Å². The van der Waals surface area contributed by atoms with Crippen LogP contribution in [-0.4, -0.2) is 28.1 Å². The number of nitrogen functional groups attached to an aromatic ring is 1. The fourth-order valence-corrected chi connectivity index (χ4v) is 3.99. The zero-order chi connectivity index (χ0) is 24.3. The van der Waals surface area contributed by atoms with E-state index >= 15 is 0 Å². The molecule has 3 rings (SSSR count). The van der Waals surface area contributed by atoms with Gasteiger partial charge < -0.3 is 16.0 Å². The lowest BCUT2D eigenvalue weighted by Gasteiger charge is -2.30. The van der Waals surface area contributed by atoms with Crippen molar-refractivity contribution in [3.63, 3.8) is 0 Å². The number of hydrogen-bond donors (Lipinski definition) is 2. The second-order valence-corrected chi connectivity index (χ2v) is 8.25. The van der Waals surface area contributed by atoms with Gasteiger partial charge in [-0.05, 0) is 43.9 Å². The van der Waals surface area contributed by atoms with E-state index in [2.05, 4.69) is 5.32 Å². The minimum Gasteiger partial charge on any atom is -0.383 e. The van der Waals surface area contributed by atoms with Crippen LogP contribution in [0.3, 0.4) is 0 Å². The lowest BCUT2D eigenvalue weighted by molar-refractivity contribution is -0.137. The Bertz CT molecular complexity index is 1150. The normalized spacial score (nSPS) is 14.4. The minimum absolute atomic E-state index is 0.0475. The Balaban J connectivity index is 1.98. The molecule has 1 aromatic heterocycles. The number of carbonyl (C=O) groups excluding carboxylic acids is 1. The Labute approximate surface area is 192 Å². The lowest BCUT2D eigenvalue weighted by Crippen LogP contribution is -2.47. The van der Waals surface area contributed by atoms with Gasteiger partial charge >= 0.3 is 11.9 Å². The van der Waals surface area contributed by atoms with E-state index in [1.165, 1.54) is 4.57 Å². The Morgan fingerprint density at radius 3 is 2.42 bits per heavy atom. The summed E-state index contributed by atoms with van der Waals surface area (Å²) in [6, 6.07) is 2.50. The van der Waals surface area contributed by atoms with E-state index in [-0.39, 0.29) is 28.8 Å². The van der Waals surface area contributed by atoms with Gasteiger partial charge in [-0.1, -0.05) is 18.5 Å². The first-order chi connectivity index (χ1) is 15.5. The van der Waals surface area contributed by atoms with Crippen LogP contribution in [0, 0.1) is 0 Å². The molecule has 1 aliphatic rings. The van der Waals surface area contributed by atoms with Crippen LogP contribution in [0.15, 0.2) is 27.8 Å². The van der Waals surface area contributed by atoms with Crippen LogP contribution < -0.4 is 27.2 Å². The summed E-state index contributed by atoms with van der Waals surface area (Å²) in [6.07, 6.45) is -1.33. The Morgan fingerprint density at radius 1 is 1.15 bits per heavy atom. The van der Waals surface area contributed by atoms with Gasteiger partial charge in [-0.2, -0.15) is 13.2 Å². The van der Waals surface area contributed by atoms with E-state index in [4.69, 9.17) is 17.3 Å². The van der Waals surface area contributed by atoms with Gasteiger partial charge in [0.05, 0.1) is 16.3 Å². The highest BCUT2D eigenvalue weighted by Crippen LogP contribution is 2.33. The maximum absolute atomic E-state index is 13.2. The third kappa shape index (κ3) is 5.35. The monoisotopic (exact) mass is 487 g/mol. The molecular weight excluding hydrogens is 463 g/mol. The molecule has 0 atom stereocenters. The molecule has 2 aromatic rings. The van der Waals surface area contributed by atoms with E-state index in [0.717, 1.165) is 36.0 Å². The lowest BCUT2D eigenvalue weighted by atomic mass is 10.1. The number of amides is 1. The molecule has 0 unspecified atom stereocenters. The number of halogens is 4. The molecule has 1 aromatic carbocycles. The fraction of sp³-hybridized carbons (Fsp3) is 0.476. The van der Waals surface area contributed by atoms with Gasteiger partial charge in [0.2, 0.25) is 5.91 Å². The molecule has 1 aliphatic heterocycles. The Hall–Kier alpha value is -2.95. The maximum atomic E-state index is 13.2. The average Bonchev–Trinajstić information content (AvgIpc) is 2.76. The van der Waals surface area contributed by atoms with E-state index in [1.807, 2.05) is 11.8 Å². The van der Waals surface area contributed by atoms with E-state index < -0.39 is 35.4 Å². The average molecular weight is 488 g/mol. The van der Waals surface area contributed by atoms with Crippen LogP contribution in [0.25, 0.3) is 0 Å². The van der Waals surface area contributed by atoms with Crippen molar-refractivity contribution in [1.29, 1.82) is 0 Å². The molecule has 8 nitrogen and oxygen atoms in total. The smallest absolute Gasteiger partial charge is 0.383 e. The van der Waals surface area contributed by atoms with Crippen LogP contribution in [0.4, 0.5) is 30.4 Å².